The number of hydrogen-bond donors (Lipinski definition) is 3. The van der Waals surface area contributed by atoms with Gasteiger partial charge in [-0.05, 0) is 42.5 Å². The summed E-state index contributed by atoms with van der Waals surface area (Å²) >= 11 is 0. The van der Waals surface area contributed by atoms with Crippen molar-refractivity contribution in [3.63, 3.8) is 0 Å². The predicted octanol–water partition coefficient (Wildman–Crippen LogP) is 1.89. The lowest BCUT2D eigenvalue weighted by molar-refractivity contribution is 0.00314. The number of urea groups is 1. The highest BCUT2D eigenvalue weighted by molar-refractivity contribution is 6.01. The zero-order chi connectivity index (χ0) is 27.5. The number of nitrogens with one attached hydrogen (secondary N) is 2. The number of esters is 1. The number of amides is 2. The smallest absolute Gasteiger partial charge is 0.338 e. The van der Waals surface area contributed by atoms with Crippen molar-refractivity contribution in [2.75, 3.05) is 73.0 Å². The standard InChI is InChI=1S/C27H29N7O6/c35-15-21-14-34(9-12-39-21)26-31-23(30-25(32-26)33-7-10-38-11-8-33)17-1-3-19(4-2-17)28-27(37)29-20-5-6-22-18(13-20)16-40-24(22)36/h1-6,13,21,35H,7-12,14-16H2,(H2,28,29,37)/t21-/m1/s1. The van der Waals surface area contributed by atoms with Gasteiger partial charge in [0, 0.05) is 48.7 Å². The molecule has 3 N–H and O–H groups in total. The Morgan fingerprint density at radius 1 is 0.925 bits per heavy atom. The van der Waals surface area contributed by atoms with Gasteiger partial charge in [-0.25, -0.2) is 9.59 Å². The van der Waals surface area contributed by atoms with Gasteiger partial charge in [-0.2, -0.15) is 15.0 Å². The molecule has 0 aliphatic carbocycles. The van der Waals surface area contributed by atoms with Crippen LogP contribution < -0.4 is 20.4 Å². The van der Waals surface area contributed by atoms with E-state index in [9.17, 15) is 14.7 Å². The van der Waals surface area contributed by atoms with Crippen molar-refractivity contribution >= 4 is 35.3 Å². The number of aliphatic hydroxyl groups is 1. The summed E-state index contributed by atoms with van der Waals surface area (Å²) in [4.78, 5) is 42.5. The number of benzene rings is 2. The zero-order valence-corrected chi connectivity index (χ0v) is 21.7. The first-order chi connectivity index (χ1) is 19.6. The lowest BCUT2D eigenvalue weighted by Crippen LogP contribution is -2.45. The van der Waals surface area contributed by atoms with Crippen LogP contribution in [0, 0.1) is 0 Å². The van der Waals surface area contributed by atoms with E-state index >= 15 is 0 Å². The van der Waals surface area contributed by atoms with Crippen molar-refractivity contribution in [3.05, 3.63) is 53.6 Å². The van der Waals surface area contributed by atoms with Crippen LogP contribution >= 0.6 is 0 Å². The third-order valence-corrected chi connectivity index (χ3v) is 6.87. The third-order valence-electron chi connectivity index (χ3n) is 6.87. The highest BCUT2D eigenvalue weighted by Gasteiger charge is 2.25. The van der Waals surface area contributed by atoms with E-state index < -0.39 is 6.03 Å². The molecule has 0 unspecified atom stereocenters. The van der Waals surface area contributed by atoms with Crippen LogP contribution in [0.2, 0.25) is 0 Å². The average molecular weight is 548 g/mol. The monoisotopic (exact) mass is 547 g/mol. The molecule has 1 atom stereocenters. The molecule has 0 radical (unpaired) electrons. The zero-order valence-electron chi connectivity index (χ0n) is 21.7. The molecule has 0 spiro atoms. The molecule has 6 rings (SSSR count). The fourth-order valence-corrected chi connectivity index (χ4v) is 4.75. The number of fused-ring (bicyclic) bond motifs is 1. The van der Waals surface area contributed by atoms with E-state index in [-0.39, 0.29) is 25.3 Å². The fourth-order valence-electron chi connectivity index (χ4n) is 4.75. The Hall–Kier alpha value is -4.33. The van der Waals surface area contributed by atoms with Gasteiger partial charge in [-0.3, -0.25) is 0 Å². The molecule has 1 aromatic heterocycles. The Balaban J connectivity index is 1.19. The topological polar surface area (TPSA) is 151 Å². The molecule has 4 heterocycles. The molecule has 13 nitrogen and oxygen atoms in total. The maximum absolute atomic E-state index is 12.6. The Morgan fingerprint density at radius 2 is 1.62 bits per heavy atom. The van der Waals surface area contributed by atoms with E-state index in [1.165, 1.54) is 0 Å². The van der Waals surface area contributed by atoms with Crippen LogP contribution in [-0.4, -0.2) is 90.8 Å². The molecule has 40 heavy (non-hydrogen) atoms. The Kier molecular flexibility index (Phi) is 7.40. The lowest BCUT2D eigenvalue weighted by Gasteiger charge is -2.33. The molecular formula is C27H29N7O6. The summed E-state index contributed by atoms with van der Waals surface area (Å²) in [6.07, 6.45) is -0.301. The third kappa shape index (κ3) is 5.66. The average Bonchev–Trinajstić information content (AvgIpc) is 3.37. The van der Waals surface area contributed by atoms with Gasteiger partial charge in [0.1, 0.15) is 6.61 Å². The number of aromatic nitrogens is 3. The minimum Gasteiger partial charge on any atom is -0.457 e. The normalized spacial score (nSPS) is 18.7. The van der Waals surface area contributed by atoms with Crippen molar-refractivity contribution in [3.8, 4) is 11.4 Å². The van der Waals surface area contributed by atoms with Gasteiger partial charge < -0.3 is 39.8 Å². The van der Waals surface area contributed by atoms with Gasteiger partial charge in [-0.15, -0.1) is 0 Å². The van der Waals surface area contributed by atoms with Gasteiger partial charge in [0.2, 0.25) is 11.9 Å². The van der Waals surface area contributed by atoms with Gasteiger partial charge in [0.05, 0.1) is 38.1 Å². The fraction of sp³-hybridized carbons (Fsp3) is 0.370. The first-order valence-corrected chi connectivity index (χ1v) is 13.1. The molecule has 2 aromatic carbocycles. The summed E-state index contributed by atoms with van der Waals surface area (Å²) in [5.41, 5.74) is 3.17. The van der Waals surface area contributed by atoms with Crippen LogP contribution in [0.25, 0.3) is 11.4 Å². The molecule has 3 aliphatic heterocycles. The molecule has 3 aliphatic rings. The molecule has 2 saturated heterocycles. The maximum Gasteiger partial charge on any atom is 0.338 e. The molecule has 13 heteroatoms. The van der Waals surface area contributed by atoms with Crippen LogP contribution in [0.5, 0.6) is 0 Å². The lowest BCUT2D eigenvalue weighted by atomic mass is 10.1. The predicted molar refractivity (Wildman–Crippen MR) is 146 cm³/mol. The minimum atomic E-state index is -0.416. The van der Waals surface area contributed by atoms with E-state index in [2.05, 4.69) is 15.5 Å². The van der Waals surface area contributed by atoms with Gasteiger partial charge in [0.15, 0.2) is 5.82 Å². The number of anilines is 4. The Labute approximate surface area is 230 Å². The van der Waals surface area contributed by atoms with Crippen molar-refractivity contribution in [2.45, 2.75) is 12.7 Å². The number of carbonyl (C=O) groups is 2. The number of morpholine rings is 2. The van der Waals surface area contributed by atoms with Gasteiger partial charge >= 0.3 is 12.0 Å². The number of ether oxygens (including phenoxy) is 3. The largest absolute Gasteiger partial charge is 0.457 e. The number of rotatable bonds is 6. The summed E-state index contributed by atoms with van der Waals surface area (Å²) in [6, 6.07) is 11.8. The van der Waals surface area contributed by atoms with Crippen molar-refractivity contribution in [1.29, 1.82) is 0 Å². The highest BCUT2D eigenvalue weighted by atomic mass is 16.5. The molecule has 3 aromatic rings. The molecule has 2 amide bonds. The quantitative estimate of drug-likeness (QED) is 0.388. The number of carbonyl (C=O) groups excluding carboxylic acids is 2. The van der Waals surface area contributed by atoms with E-state index in [0.29, 0.717) is 80.7 Å². The van der Waals surface area contributed by atoms with Crippen molar-refractivity contribution in [2.24, 2.45) is 0 Å². The molecule has 0 saturated carbocycles. The van der Waals surface area contributed by atoms with Crippen LogP contribution in [0.1, 0.15) is 15.9 Å². The number of cyclic esters (lactones) is 1. The van der Waals surface area contributed by atoms with Crippen molar-refractivity contribution in [1.82, 2.24) is 15.0 Å². The minimum absolute atomic E-state index is 0.0760. The second kappa shape index (κ2) is 11.4. The number of nitrogens with zero attached hydrogens (tertiary/aromatic N) is 5. The van der Waals surface area contributed by atoms with Crippen LogP contribution in [0.4, 0.5) is 28.1 Å². The second-order valence-electron chi connectivity index (χ2n) is 9.58. The molecule has 208 valence electrons. The van der Waals surface area contributed by atoms with E-state index in [1.54, 1.807) is 30.3 Å². The summed E-state index contributed by atoms with van der Waals surface area (Å²) in [6.45, 7) is 4.23. The van der Waals surface area contributed by atoms with Crippen LogP contribution in [0.3, 0.4) is 0 Å². The first kappa shape index (κ1) is 25.9. The Morgan fingerprint density at radius 3 is 2.40 bits per heavy atom. The van der Waals surface area contributed by atoms with Crippen LogP contribution in [-0.2, 0) is 20.8 Å². The number of aliphatic hydroxyl groups excluding tert-OH is 1. The number of hydrogen-bond acceptors (Lipinski definition) is 11. The molecule has 0 bridgehead atoms. The van der Waals surface area contributed by atoms with Crippen LogP contribution in [0.15, 0.2) is 42.5 Å². The summed E-state index contributed by atoms with van der Waals surface area (Å²) in [5, 5.41) is 15.2. The molecular weight excluding hydrogens is 518 g/mol. The maximum atomic E-state index is 12.6. The SMILES string of the molecule is O=C(Nc1ccc(-c2nc(N3CCOCC3)nc(N3CCO[C@@H](CO)C3)n2)cc1)Nc1ccc2c(c1)COC2=O. The van der Waals surface area contributed by atoms with E-state index in [1.807, 2.05) is 17.0 Å². The van der Waals surface area contributed by atoms with Gasteiger partial charge in [-0.1, -0.05) is 0 Å². The first-order valence-electron chi connectivity index (χ1n) is 13.1. The molecule has 2 fully saturated rings. The van der Waals surface area contributed by atoms with E-state index in [0.717, 1.165) is 11.1 Å². The summed E-state index contributed by atoms with van der Waals surface area (Å²) in [7, 11) is 0. The highest BCUT2D eigenvalue weighted by Crippen LogP contribution is 2.26. The summed E-state index contributed by atoms with van der Waals surface area (Å²) in [5.74, 6) is 1.24. The van der Waals surface area contributed by atoms with E-state index in [4.69, 9.17) is 29.2 Å². The van der Waals surface area contributed by atoms with Crippen molar-refractivity contribution < 1.29 is 28.9 Å². The second-order valence-corrected chi connectivity index (χ2v) is 9.58. The van der Waals surface area contributed by atoms with Gasteiger partial charge in [0.25, 0.3) is 0 Å². The summed E-state index contributed by atoms with van der Waals surface area (Å²) < 4.78 is 16.1. The Bertz CT molecular complexity index is 1400.